The van der Waals surface area contributed by atoms with Crippen molar-refractivity contribution < 1.29 is 14.6 Å². The van der Waals surface area contributed by atoms with Crippen molar-refractivity contribution in [2.75, 3.05) is 12.4 Å². The quantitative estimate of drug-likeness (QED) is 0.875. The number of nitrogens with one attached hydrogen (secondary N) is 1. The molecule has 0 radical (unpaired) electrons. The summed E-state index contributed by atoms with van der Waals surface area (Å²) in [7, 11) is 1.43. The summed E-state index contributed by atoms with van der Waals surface area (Å²) >= 11 is 0. The predicted octanol–water partition coefficient (Wildman–Crippen LogP) is 2.24. The first-order chi connectivity index (χ1) is 9.10. The molecule has 1 heterocycles. The number of aromatic nitrogens is 2. The zero-order chi connectivity index (χ0) is 13.8. The fourth-order valence-corrected chi connectivity index (χ4v) is 1.62. The molecule has 0 fully saturated rings. The highest BCUT2D eigenvalue weighted by Gasteiger charge is 2.11. The third-order valence-electron chi connectivity index (χ3n) is 2.51. The van der Waals surface area contributed by atoms with Crippen LogP contribution in [0, 0.1) is 6.92 Å². The molecule has 1 aromatic heterocycles. The van der Waals surface area contributed by atoms with Crippen LogP contribution in [0.4, 0.5) is 11.5 Å². The standard InChI is InChI=1S/C13H13N3O3/c1-8-5-12(15-7-14-8)16-9-3-4-10(13(17)18)11(6-9)19-2/h3-7H,1-2H3,(H,17,18)(H,14,15,16). The zero-order valence-corrected chi connectivity index (χ0v) is 10.5. The second-order valence-corrected chi connectivity index (χ2v) is 3.89. The van der Waals surface area contributed by atoms with Gasteiger partial charge in [-0.25, -0.2) is 14.8 Å². The number of carboxylic acids is 1. The highest BCUT2D eigenvalue weighted by molar-refractivity contribution is 5.91. The number of hydrogen-bond donors (Lipinski definition) is 2. The molecule has 0 saturated carbocycles. The van der Waals surface area contributed by atoms with Crippen molar-refractivity contribution in [3.63, 3.8) is 0 Å². The Hall–Kier alpha value is -2.63. The van der Waals surface area contributed by atoms with Crippen molar-refractivity contribution in [1.82, 2.24) is 9.97 Å². The van der Waals surface area contributed by atoms with Crippen molar-refractivity contribution in [1.29, 1.82) is 0 Å². The molecule has 0 amide bonds. The predicted molar refractivity (Wildman–Crippen MR) is 70.0 cm³/mol. The van der Waals surface area contributed by atoms with Gasteiger partial charge in [0, 0.05) is 23.5 Å². The number of aromatic carboxylic acids is 1. The number of hydrogen-bond acceptors (Lipinski definition) is 5. The molecule has 6 nitrogen and oxygen atoms in total. The number of aryl methyl sites for hydroxylation is 1. The van der Waals surface area contributed by atoms with Gasteiger partial charge in [-0.15, -0.1) is 0 Å². The number of rotatable bonds is 4. The van der Waals surface area contributed by atoms with Gasteiger partial charge in [-0.1, -0.05) is 0 Å². The fraction of sp³-hybridized carbons (Fsp3) is 0.154. The minimum atomic E-state index is -1.03. The van der Waals surface area contributed by atoms with E-state index in [-0.39, 0.29) is 5.56 Å². The van der Waals surface area contributed by atoms with Crippen molar-refractivity contribution in [3.8, 4) is 5.75 Å². The Morgan fingerprint density at radius 3 is 2.74 bits per heavy atom. The van der Waals surface area contributed by atoms with Crippen LogP contribution in [0.2, 0.25) is 0 Å². The smallest absolute Gasteiger partial charge is 0.339 e. The van der Waals surface area contributed by atoms with E-state index in [2.05, 4.69) is 15.3 Å². The van der Waals surface area contributed by atoms with E-state index in [1.807, 2.05) is 6.92 Å². The van der Waals surface area contributed by atoms with E-state index in [0.717, 1.165) is 5.69 Å². The molecule has 2 N–H and O–H groups in total. The van der Waals surface area contributed by atoms with E-state index in [9.17, 15) is 4.79 Å². The van der Waals surface area contributed by atoms with Gasteiger partial charge >= 0.3 is 5.97 Å². The van der Waals surface area contributed by atoms with Crippen molar-refractivity contribution in [2.45, 2.75) is 6.92 Å². The summed E-state index contributed by atoms with van der Waals surface area (Å²) in [6.07, 6.45) is 1.46. The Kier molecular flexibility index (Phi) is 3.61. The third-order valence-corrected chi connectivity index (χ3v) is 2.51. The van der Waals surface area contributed by atoms with Crippen LogP contribution < -0.4 is 10.1 Å². The Morgan fingerprint density at radius 2 is 2.11 bits per heavy atom. The molecule has 0 saturated heterocycles. The number of ether oxygens (including phenoxy) is 1. The third kappa shape index (κ3) is 2.98. The van der Waals surface area contributed by atoms with E-state index in [1.165, 1.54) is 19.5 Å². The number of nitrogens with zero attached hydrogens (tertiary/aromatic N) is 2. The van der Waals surface area contributed by atoms with Crippen LogP contribution in [0.1, 0.15) is 16.1 Å². The molecule has 0 aliphatic rings. The van der Waals surface area contributed by atoms with Crippen molar-refractivity contribution in [3.05, 3.63) is 41.9 Å². The number of methoxy groups -OCH3 is 1. The van der Waals surface area contributed by atoms with Crippen molar-refractivity contribution >= 4 is 17.5 Å². The number of benzene rings is 1. The maximum Gasteiger partial charge on any atom is 0.339 e. The van der Waals surface area contributed by atoms with Gasteiger partial charge in [0.05, 0.1) is 7.11 Å². The topological polar surface area (TPSA) is 84.3 Å². The molecule has 2 aromatic rings. The Labute approximate surface area is 110 Å². The molecule has 19 heavy (non-hydrogen) atoms. The van der Waals surface area contributed by atoms with E-state index in [4.69, 9.17) is 9.84 Å². The lowest BCUT2D eigenvalue weighted by Crippen LogP contribution is -2.02. The first kappa shape index (κ1) is 12.8. The Bertz CT molecular complexity index is 614. The van der Waals surface area contributed by atoms with Crippen LogP contribution in [0.15, 0.2) is 30.6 Å². The molecule has 0 aliphatic carbocycles. The fourth-order valence-electron chi connectivity index (χ4n) is 1.62. The highest BCUT2D eigenvalue weighted by atomic mass is 16.5. The van der Waals surface area contributed by atoms with Gasteiger partial charge in [-0.05, 0) is 19.1 Å². The lowest BCUT2D eigenvalue weighted by Gasteiger charge is -2.09. The monoisotopic (exact) mass is 259 g/mol. The first-order valence-electron chi connectivity index (χ1n) is 5.57. The average Bonchev–Trinajstić information content (AvgIpc) is 2.38. The summed E-state index contributed by atoms with van der Waals surface area (Å²) in [6.45, 7) is 1.86. The summed E-state index contributed by atoms with van der Waals surface area (Å²) in [5, 5.41) is 12.1. The van der Waals surface area contributed by atoms with E-state index < -0.39 is 5.97 Å². The Balaban J connectivity index is 2.29. The summed E-state index contributed by atoms with van der Waals surface area (Å²) in [5.41, 5.74) is 1.65. The second kappa shape index (κ2) is 5.34. The van der Waals surface area contributed by atoms with Gasteiger partial charge < -0.3 is 15.2 Å². The molecule has 0 spiro atoms. The maximum atomic E-state index is 11.0. The lowest BCUT2D eigenvalue weighted by atomic mass is 10.2. The van der Waals surface area contributed by atoms with E-state index in [0.29, 0.717) is 17.3 Å². The van der Waals surface area contributed by atoms with Gasteiger partial charge in [0.15, 0.2) is 0 Å². The molecule has 6 heteroatoms. The molecule has 0 unspecified atom stereocenters. The maximum absolute atomic E-state index is 11.0. The van der Waals surface area contributed by atoms with Crippen LogP contribution in [0.5, 0.6) is 5.75 Å². The summed E-state index contributed by atoms with van der Waals surface area (Å²) < 4.78 is 5.06. The van der Waals surface area contributed by atoms with Crippen LogP contribution in [0.25, 0.3) is 0 Å². The molecule has 0 bridgehead atoms. The van der Waals surface area contributed by atoms with Crippen LogP contribution in [-0.2, 0) is 0 Å². The second-order valence-electron chi connectivity index (χ2n) is 3.89. The van der Waals surface area contributed by atoms with Crippen LogP contribution >= 0.6 is 0 Å². The molecule has 2 rings (SSSR count). The van der Waals surface area contributed by atoms with Crippen LogP contribution in [-0.4, -0.2) is 28.2 Å². The SMILES string of the molecule is COc1cc(Nc2cc(C)ncn2)ccc1C(=O)O. The normalized spacial score (nSPS) is 10.0. The minimum Gasteiger partial charge on any atom is -0.496 e. The lowest BCUT2D eigenvalue weighted by molar-refractivity contribution is 0.0693. The minimum absolute atomic E-state index is 0.118. The summed E-state index contributed by atoms with van der Waals surface area (Å²) in [6, 6.07) is 6.54. The van der Waals surface area contributed by atoms with Gasteiger partial charge in [0.2, 0.25) is 0 Å². The van der Waals surface area contributed by atoms with E-state index in [1.54, 1.807) is 18.2 Å². The first-order valence-corrected chi connectivity index (χ1v) is 5.57. The molecule has 0 aliphatic heterocycles. The number of carboxylic acid groups (broad SMARTS) is 1. The van der Waals surface area contributed by atoms with Gasteiger partial charge in [0.1, 0.15) is 23.5 Å². The molecule has 1 aromatic carbocycles. The van der Waals surface area contributed by atoms with Crippen LogP contribution in [0.3, 0.4) is 0 Å². The molecular formula is C13H13N3O3. The molecule has 0 atom stereocenters. The van der Waals surface area contributed by atoms with Gasteiger partial charge in [0.25, 0.3) is 0 Å². The van der Waals surface area contributed by atoms with Gasteiger partial charge in [-0.2, -0.15) is 0 Å². The molecular weight excluding hydrogens is 246 g/mol. The number of anilines is 2. The van der Waals surface area contributed by atoms with Crippen molar-refractivity contribution in [2.24, 2.45) is 0 Å². The highest BCUT2D eigenvalue weighted by Crippen LogP contribution is 2.25. The summed E-state index contributed by atoms with van der Waals surface area (Å²) in [4.78, 5) is 19.0. The Morgan fingerprint density at radius 1 is 1.32 bits per heavy atom. The average molecular weight is 259 g/mol. The largest absolute Gasteiger partial charge is 0.496 e. The summed E-state index contributed by atoms with van der Waals surface area (Å²) in [5.74, 6) is -0.0952. The zero-order valence-electron chi connectivity index (χ0n) is 10.5. The molecule has 98 valence electrons. The van der Waals surface area contributed by atoms with E-state index >= 15 is 0 Å². The van der Waals surface area contributed by atoms with Gasteiger partial charge in [-0.3, -0.25) is 0 Å². The number of carbonyl (C=O) groups is 1.